The highest BCUT2D eigenvalue weighted by Gasteiger charge is 2.10. The summed E-state index contributed by atoms with van der Waals surface area (Å²) in [7, 11) is 0. The van der Waals surface area contributed by atoms with E-state index in [0.717, 1.165) is 17.9 Å². The third-order valence-electron chi connectivity index (χ3n) is 2.96. The molecular formula is C12H21N3. The molecule has 15 heavy (non-hydrogen) atoms. The minimum absolute atomic E-state index is 0.453. The Balaban J connectivity index is 2.63. The summed E-state index contributed by atoms with van der Waals surface area (Å²) in [6.45, 7) is 8.76. The number of aromatic nitrogens is 2. The average molecular weight is 207 g/mol. The van der Waals surface area contributed by atoms with Gasteiger partial charge >= 0.3 is 0 Å². The number of nitrogens with one attached hydrogen (secondary N) is 1. The molecule has 3 nitrogen and oxygen atoms in total. The lowest BCUT2D eigenvalue weighted by molar-refractivity contribution is 0.493. The normalized spacial score (nSPS) is 14.7. The van der Waals surface area contributed by atoms with Gasteiger partial charge in [0.2, 0.25) is 0 Å². The number of hydrogen-bond acceptors (Lipinski definition) is 3. The van der Waals surface area contributed by atoms with Crippen molar-refractivity contribution in [3.8, 4) is 0 Å². The minimum Gasteiger partial charge on any atom is -0.367 e. The SMILES string of the molecule is CCc1cc(NC(C)C(C)CC)ncn1. The lowest BCUT2D eigenvalue weighted by Gasteiger charge is -2.20. The maximum Gasteiger partial charge on any atom is 0.129 e. The number of hydrogen-bond donors (Lipinski definition) is 1. The minimum atomic E-state index is 0.453. The smallest absolute Gasteiger partial charge is 0.129 e. The van der Waals surface area contributed by atoms with E-state index in [1.165, 1.54) is 6.42 Å². The topological polar surface area (TPSA) is 37.8 Å². The Morgan fingerprint density at radius 3 is 2.60 bits per heavy atom. The van der Waals surface area contributed by atoms with Gasteiger partial charge in [-0.3, -0.25) is 0 Å². The van der Waals surface area contributed by atoms with Gasteiger partial charge in [-0.25, -0.2) is 9.97 Å². The summed E-state index contributed by atoms with van der Waals surface area (Å²) in [6.07, 6.45) is 3.76. The maximum absolute atomic E-state index is 4.22. The highest BCUT2D eigenvalue weighted by Crippen LogP contribution is 2.13. The van der Waals surface area contributed by atoms with E-state index in [1.54, 1.807) is 6.33 Å². The Labute approximate surface area is 92.3 Å². The molecule has 1 heterocycles. The molecule has 0 aliphatic heterocycles. The maximum atomic E-state index is 4.22. The van der Waals surface area contributed by atoms with E-state index in [4.69, 9.17) is 0 Å². The van der Waals surface area contributed by atoms with Crippen LogP contribution in [0.15, 0.2) is 12.4 Å². The van der Waals surface area contributed by atoms with E-state index in [1.807, 2.05) is 6.07 Å². The van der Waals surface area contributed by atoms with E-state index in [2.05, 4.69) is 43.0 Å². The summed E-state index contributed by atoms with van der Waals surface area (Å²) < 4.78 is 0. The molecule has 0 aliphatic carbocycles. The fraction of sp³-hybridized carbons (Fsp3) is 0.667. The first-order chi connectivity index (χ1) is 7.17. The molecule has 1 rings (SSSR count). The van der Waals surface area contributed by atoms with Crippen molar-refractivity contribution in [1.29, 1.82) is 0 Å². The monoisotopic (exact) mass is 207 g/mol. The second-order valence-corrected chi connectivity index (χ2v) is 4.07. The van der Waals surface area contributed by atoms with Gasteiger partial charge in [0, 0.05) is 17.8 Å². The molecule has 0 aromatic carbocycles. The quantitative estimate of drug-likeness (QED) is 0.806. The standard InChI is InChI=1S/C12H21N3/c1-5-9(3)10(4)15-12-7-11(6-2)13-8-14-12/h7-10H,5-6H2,1-4H3,(H,13,14,15). The van der Waals surface area contributed by atoms with Gasteiger partial charge in [-0.1, -0.05) is 27.2 Å². The van der Waals surface area contributed by atoms with E-state index in [-0.39, 0.29) is 0 Å². The summed E-state index contributed by atoms with van der Waals surface area (Å²) >= 11 is 0. The third kappa shape index (κ3) is 3.50. The van der Waals surface area contributed by atoms with Gasteiger partial charge in [-0.15, -0.1) is 0 Å². The van der Waals surface area contributed by atoms with E-state index in [0.29, 0.717) is 12.0 Å². The Hall–Kier alpha value is -1.12. The average Bonchev–Trinajstić information content (AvgIpc) is 2.28. The number of rotatable bonds is 5. The molecule has 0 bridgehead atoms. The molecule has 0 amide bonds. The molecule has 1 aromatic heterocycles. The Kier molecular flexibility index (Phi) is 4.53. The molecule has 2 atom stereocenters. The molecule has 0 saturated heterocycles. The number of anilines is 1. The van der Waals surface area contributed by atoms with Crippen LogP contribution < -0.4 is 5.32 Å². The van der Waals surface area contributed by atoms with Crippen molar-refractivity contribution in [3.63, 3.8) is 0 Å². The van der Waals surface area contributed by atoms with Gasteiger partial charge in [0.1, 0.15) is 12.1 Å². The largest absolute Gasteiger partial charge is 0.367 e. The third-order valence-corrected chi connectivity index (χ3v) is 2.96. The van der Waals surface area contributed by atoms with Gasteiger partial charge < -0.3 is 5.32 Å². The molecule has 2 unspecified atom stereocenters. The molecule has 0 spiro atoms. The summed E-state index contributed by atoms with van der Waals surface area (Å²) in [6, 6.07) is 2.48. The summed E-state index contributed by atoms with van der Waals surface area (Å²) in [5.74, 6) is 1.60. The zero-order chi connectivity index (χ0) is 11.3. The van der Waals surface area contributed by atoms with Crippen molar-refractivity contribution in [2.24, 2.45) is 5.92 Å². The van der Waals surface area contributed by atoms with Gasteiger partial charge in [-0.2, -0.15) is 0 Å². The van der Waals surface area contributed by atoms with Crippen LogP contribution >= 0.6 is 0 Å². The van der Waals surface area contributed by atoms with Gasteiger partial charge in [-0.05, 0) is 19.3 Å². The van der Waals surface area contributed by atoms with Crippen molar-refractivity contribution >= 4 is 5.82 Å². The van der Waals surface area contributed by atoms with Crippen LogP contribution in [-0.2, 0) is 6.42 Å². The Morgan fingerprint density at radius 1 is 1.27 bits per heavy atom. The van der Waals surface area contributed by atoms with Crippen molar-refractivity contribution < 1.29 is 0 Å². The molecule has 0 fully saturated rings. The Bertz CT molecular complexity index is 299. The van der Waals surface area contributed by atoms with Crippen LogP contribution in [0, 0.1) is 5.92 Å². The van der Waals surface area contributed by atoms with E-state index >= 15 is 0 Å². The van der Waals surface area contributed by atoms with E-state index in [9.17, 15) is 0 Å². The molecule has 3 heteroatoms. The second-order valence-electron chi connectivity index (χ2n) is 4.07. The zero-order valence-electron chi connectivity index (χ0n) is 10.1. The van der Waals surface area contributed by atoms with Crippen molar-refractivity contribution in [2.45, 2.75) is 46.6 Å². The van der Waals surface area contributed by atoms with Crippen molar-refractivity contribution in [3.05, 3.63) is 18.1 Å². The van der Waals surface area contributed by atoms with Crippen molar-refractivity contribution in [2.75, 3.05) is 5.32 Å². The first kappa shape index (κ1) is 12.0. The first-order valence-electron chi connectivity index (χ1n) is 5.74. The van der Waals surface area contributed by atoms with Gasteiger partial charge in [0.15, 0.2) is 0 Å². The first-order valence-corrected chi connectivity index (χ1v) is 5.74. The summed E-state index contributed by atoms with van der Waals surface area (Å²) in [5, 5.41) is 3.42. The fourth-order valence-corrected chi connectivity index (χ4v) is 1.40. The van der Waals surface area contributed by atoms with Crippen LogP contribution in [0.1, 0.15) is 39.8 Å². The van der Waals surface area contributed by atoms with Gasteiger partial charge in [0.05, 0.1) is 0 Å². The number of nitrogens with zero attached hydrogens (tertiary/aromatic N) is 2. The summed E-state index contributed by atoms with van der Waals surface area (Å²) in [5.41, 5.74) is 1.09. The lowest BCUT2D eigenvalue weighted by Crippen LogP contribution is -2.23. The second kappa shape index (κ2) is 5.69. The molecule has 0 radical (unpaired) electrons. The van der Waals surface area contributed by atoms with Crippen LogP contribution in [0.3, 0.4) is 0 Å². The zero-order valence-corrected chi connectivity index (χ0v) is 10.1. The van der Waals surface area contributed by atoms with Crippen molar-refractivity contribution in [1.82, 2.24) is 9.97 Å². The van der Waals surface area contributed by atoms with Crippen LogP contribution in [0.5, 0.6) is 0 Å². The highest BCUT2D eigenvalue weighted by atomic mass is 15.0. The summed E-state index contributed by atoms with van der Waals surface area (Å²) in [4.78, 5) is 8.40. The lowest BCUT2D eigenvalue weighted by atomic mass is 10.0. The predicted molar refractivity (Wildman–Crippen MR) is 63.9 cm³/mol. The Morgan fingerprint density at radius 2 is 2.00 bits per heavy atom. The highest BCUT2D eigenvalue weighted by molar-refractivity contribution is 5.35. The molecule has 0 aliphatic rings. The van der Waals surface area contributed by atoms with E-state index < -0.39 is 0 Å². The van der Waals surface area contributed by atoms with Crippen LogP contribution in [0.25, 0.3) is 0 Å². The van der Waals surface area contributed by atoms with Crippen LogP contribution in [-0.4, -0.2) is 16.0 Å². The molecular weight excluding hydrogens is 186 g/mol. The fourth-order valence-electron chi connectivity index (χ4n) is 1.40. The predicted octanol–water partition coefficient (Wildman–Crippen LogP) is 2.89. The van der Waals surface area contributed by atoms with Crippen LogP contribution in [0.2, 0.25) is 0 Å². The molecule has 1 N–H and O–H groups in total. The van der Waals surface area contributed by atoms with Gasteiger partial charge in [0.25, 0.3) is 0 Å². The molecule has 0 saturated carbocycles. The molecule has 1 aromatic rings. The van der Waals surface area contributed by atoms with Crippen LogP contribution in [0.4, 0.5) is 5.82 Å². The number of aryl methyl sites for hydroxylation is 1. The molecule has 84 valence electrons.